The van der Waals surface area contributed by atoms with Crippen LogP contribution in [0.2, 0.25) is 0 Å². The highest BCUT2D eigenvalue weighted by Gasteiger charge is 2.35. The zero-order valence-electron chi connectivity index (χ0n) is 27.9. The number of β-amino-alcohol motifs (C(OH)–C–C–N with tert-alkyl or cyclic N) is 1. The zero-order valence-corrected chi connectivity index (χ0v) is 27.9. The van der Waals surface area contributed by atoms with Gasteiger partial charge < -0.3 is 30.1 Å². The van der Waals surface area contributed by atoms with E-state index in [1.165, 1.54) is 6.07 Å². The smallest absolute Gasteiger partial charge is 0.316 e. The Labute approximate surface area is 266 Å². The number of nitrogens with zero attached hydrogens (tertiary/aromatic N) is 1. The number of esters is 2. The maximum Gasteiger partial charge on any atom is 0.316 e. The Morgan fingerprint density at radius 1 is 0.889 bits per heavy atom. The molecule has 246 valence electrons. The van der Waals surface area contributed by atoms with Crippen molar-refractivity contribution < 1.29 is 33.8 Å². The number of amides is 2. The molecule has 10 heteroatoms. The average Bonchev–Trinajstić information content (AvgIpc) is 3.45. The summed E-state index contributed by atoms with van der Waals surface area (Å²) in [5, 5.41) is 17.4. The molecule has 10 nitrogen and oxygen atoms in total. The van der Waals surface area contributed by atoms with Gasteiger partial charge in [-0.25, -0.2) is 0 Å². The molecule has 1 saturated heterocycles. The van der Waals surface area contributed by atoms with Crippen LogP contribution in [0.4, 0.5) is 0 Å². The summed E-state index contributed by atoms with van der Waals surface area (Å²) in [6.07, 6.45) is 0.575. The predicted molar refractivity (Wildman–Crippen MR) is 172 cm³/mol. The Kier molecular flexibility index (Phi) is 11.6. The van der Waals surface area contributed by atoms with Crippen molar-refractivity contribution in [3.63, 3.8) is 0 Å². The van der Waals surface area contributed by atoms with E-state index in [9.17, 15) is 24.3 Å². The van der Waals surface area contributed by atoms with Crippen molar-refractivity contribution in [2.75, 3.05) is 19.6 Å². The van der Waals surface area contributed by atoms with Crippen LogP contribution >= 0.6 is 0 Å². The number of likely N-dealkylation sites (tertiary alicyclic amines) is 1. The van der Waals surface area contributed by atoms with Gasteiger partial charge in [0.05, 0.1) is 23.4 Å². The second-order valence-corrected chi connectivity index (χ2v) is 14.4. The first-order chi connectivity index (χ1) is 20.9. The fraction of sp³-hybridized carbons (Fsp3) is 0.543. The van der Waals surface area contributed by atoms with Gasteiger partial charge in [0.2, 0.25) is 11.8 Å². The lowest BCUT2D eigenvalue weighted by molar-refractivity contribution is -0.143. The van der Waals surface area contributed by atoms with E-state index >= 15 is 0 Å². The minimum Gasteiger partial charge on any atom is -0.426 e. The van der Waals surface area contributed by atoms with E-state index in [2.05, 4.69) is 10.6 Å². The number of carbonyl (C=O) groups excluding carboxylic acids is 4. The van der Waals surface area contributed by atoms with E-state index in [1.54, 1.807) is 58.6 Å². The summed E-state index contributed by atoms with van der Waals surface area (Å²) >= 11 is 0. The normalized spacial score (nSPS) is 16.2. The van der Waals surface area contributed by atoms with Crippen LogP contribution in [-0.4, -0.2) is 65.0 Å². The summed E-state index contributed by atoms with van der Waals surface area (Å²) in [6, 6.07) is 13.5. The van der Waals surface area contributed by atoms with E-state index in [0.29, 0.717) is 18.5 Å². The van der Waals surface area contributed by atoms with Crippen LogP contribution in [0, 0.1) is 10.8 Å². The Morgan fingerprint density at radius 2 is 1.44 bits per heavy atom. The van der Waals surface area contributed by atoms with Gasteiger partial charge in [0.15, 0.2) is 0 Å². The molecule has 1 fully saturated rings. The molecule has 1 aliphatic heterocycles. The minimum atomic E-state index is -1.05. The number of benzene rings is 2. The quantitative estimate of drug-likeness (QED) is 0.249. The van der Waals surface area contributed by atoms with Gasteiger partial charge >= 0.3 is 11.9 Å². The number of rotatable bonds is 11. The standard InChI is InChI=1S/C35H49N3O7/c1-33(2,3)31(42)44-25-18-24(19-26(20-25)45-32(43)34(4,5)6)28(39)21-37-35(7,8)22-36-30(41)27-15-12-16-38(27)29(40)17-23-13-10-9-11-14-23/h9-11,13-14,18-20,27-28,37,39H,12,15-17,21-22H2,1-8H3,(H,36,41)/t27-,28?/m1/s1. The summed E-state index contributed by atoms with van der Waals surface area (Å²) < 4.78 is 11.1. The summed E-state index contributed by atoms with van der Waals surface area (Å²) in [5.41, 5.74) is -0.854. The average molecular weight is 624 g/mol. The zero-order chi connectivity index (χ0) is 33.6. The molecule has 0 saturated carbocycles. The first-order valence-electron chi connectivity index (χ1n) is 15.5. The van der Waals surface area contributed by atoms with Gasteiger partial charge in [-0.05, 0) is 91.5 Å². The molecular formula is C35H49N3O7. The van der Waals surface area contributed by atoms with E-state index in [4.69, 9.17) is 9.47 Å². The first-order valence-corrected chi connectivity index (χ1v) is 15.5. The molecule has 1 aliphatic rings. The number of aliphatic hydroxyl groups is 1. The van der Waals surface area contributed by atoms with Gasteiger partial charge in [-0.3, -0.25) is 19.2 Å². The lowest BCUT2D eigenvalue weighted by Gasteiger charge is -2.30. The predicted octanol–water partition coefficient (Wildman–Crippen LogP) is 4.34. The Bertz CT molecular complexity index is 1310. The maximum absolute atomic E-state index is 13.1. The third kappa shape index (κ3) is 10.7. The fourth-order valence-corrected chi connectivity index (χ4v) is 4.61. The Morgan fingerprint density at radius 3 is 1.98 bits per heavy atom. The van der Waals surface area contributed by atoms with Crippen molar-refractivity contribution in [2.45, 2.75) is 92.3 Å². The van der Waals surface area contributed by atoms with Crippen LogP contribution in [0.5, 0.6) is 11.5 Å². The fourth-order valence-electron chi connectivity index (χ4n) is 4.61. The lowest BCUT2D eigenvalue weighted by Crippen LogP contribution is -2.53. The minimum absolute atomic E-state index is 0.0673. The summed E-state index contributed by atoms with van der Waals surface area (Å²) in [5.74, 6) is -0.916. The van der Waals surface area contributed by atoms with E-state index in [0.717, 1.165) is 12.0 Å². The number of hydrogen-bond donors (Lipinski definition) is 3. The molecule has 1 heterocycles. The van der Waals surface area contributed by atoms with Gasteiger partial charge in [0.25, 0.3) is 0 Å². The highest BCUT2D eigenvalue weighted by Crippen LogP contribution is 2.30. The molecule has 3 N–H and O–H groups in total. The van der Waals surface area contributed by atoms with Crippen molar-refractivity contribution in [1.82, 2.24) is 15.5 Å². The van der Waals surface area contributed by atoms with Crippen LogP contribution in [0.3, 0.4) is 0 Å². The van der Waals surface area contributed by atoms with Crippen LogP contribution < -0.4 is 20.1 Å². The molecule has 0 radical (unpaired) electrons. The molecule has 2 amide bonds. The molecule has 0 bridgehead atoms. The molecule has 2 aromatic rings. The second-order valence-electron chi connectivity index (χ2n) is 14.4. The lowest BCUT2D eigenvalue weighted by atomic mass is 9.97. The summed E-state index contributed by atoms with van der Waals surface area (Å²) in [6.45, 7) is 15.1. The van der Waals surface area contributed by atoms with Gasteiger partial charge in [-0.1, -0.05) is 30.3 Å². The number of ether oxygens (including phenoxy) is 2. The van der Waals surface area contributed by atoms with Crippen LogP contribution in [0.15, 0.2) is 48.5 Å². The van der Waals surface area contributed by atoms with Gasteiger partial charge in [-0.15, -0.1) is 0 Å². The number of carbonyl (C=O) groups is 4. The highest BCUT2D eigenvalue weighted by molar-refractivity contribution is 5.89. The Hall–Kier alpha value is -3.76. The van der Waals surface area contributed by atoms with Crippen LogP contribution in [0.25, 0.3) is 0 Å². The van der Waals surface area contributed by atoms with Crippen LogP contribution in [-0.2, 0) is 25.6 Å². The maximum atomic E-state index is 13.1. The monoisotopic (exact) mass is 623 g/mol. The second kappa shape index (κ2) is 14.6. The molecule has 0 spiro atoms. The summed E-state index contributed by atoms with van der Waals surface area (Å²) in [4.78, 5) is 52.9. The third-order valence-electron chi connectivity index (χ3n) is 7.49. The number of aliphatic hydroxyl groups excluding tert-OH is 1. The van der Waals surface area contributed by atoms with E-state index < -0.39 is 40.5 Å². The molecule has 0 aliphatic carbocycles. The van der Waals surface area contributed by atoms with Gasteiger partial charge in [0.1, 0.15) is 17.5 Å². The number of hydrogen-bond acceptors (Lipinski definition) is 8. The van der Waals surface area contributed by atoms with Crippen molar-refractivity contribution in [3.8, 4) is 11.5 Å². The van der Waals surface area contributed by atoms with Gasteiger partial charge in [-0.2, -0.15) is 0 Å². The van der Waals surface area contributed by atoms with Crippen molar-refractivity contribution in [2.24, 2.45) is 10.8 Å². The molecular weight excluding hydrogens is 574 g/mol. The third-order valence-corrected chi connectivity index (χ3v) is 7.49. The molecule has 3 rings (SSSR count). The molecule has 45 heavy (non-hydrogen) atoms. The SMILES string of the molecule is CC(C)(CNC(=O)[C@H]1CCCN1C(=O)Cc1ccccc1)NCC(O)c1cc(OC(=O)C(C)(C)C)cc(OC(=O)C(C)(C)C)c1. The molecule has 0 aromatic heterocycles. The van der Waals surface area contributed by atoms with Crippen LogP contribution in [0.1, 0.15) is 85.5 Å². The summed E-state index contributed by atoms with van der Waals surface area (Å²) in [7, 11) is 0. The Balaban J connectivity index is 1.63. The largest absolute Gasteiger partial charge is 0.426 e. The molecule has 2 atom stereocenters. The molecule has 1 unspecified atom stereocenters. The highest BCUT2D eigenvalue weighted by atomic mass is 16.5. The number of nitrogens with one attached hydrogen (secondary N) is 2. The first kappa shape index (κ1) is 35.7. The van der Waals surface area contributed by atoms with Crippen molar-refractivity contribution >= 4 is 23.8 Å². The van der Waals surface area contributed by atoms with Crippen molar-refractivity contribution in [3.05, 3.63) is 59.7 Å². The van der Waals surface area contributed by atoms with Crippen molar-refractivity contribution in [1.29, 1.82) is 0 Å². The van der Waals surface area contributed by atoms with E-state index in [-0.39, 0.29) is 42.8 Å². The van der Waals surface area contributed by atoms with E-state index in [1.807, 2.05) is 44.2 Å². The molecule has 2 aromatic carbocycles. The van der Waals surface area contributed by atoms with Gasteiger partial charge in [0, 0.05) is 31.2 Å². The topological polar surface area (TPSA) is 134 Å².